The fraction of sp³-hybridized carbons (Fsp3) is 1.00. The van der Waals surface area contributed by atoms with Crippen molar-refractivity contribution >= 4 is 34.7 Å². The van der Waals surface area contributed by atoms with Crippen LogP contribution in [-0.2, 0) is 0 Å². The van der Waals surface area contributed by atoms with Gasteiger partial charge < -0.3 is 2.85 Å². The van der Waals surface area contributed by atoms with Gasteiger partial charge in [0.2, 0.25) is 0 Å². The van der Waals surface area contributed by atoms with Gasteiger partial charge in [-0.2, -0.15) is 0 Å². The number of halogens is 2. The van der Waals surface area contributed by atoms with Gasteiger partial charge in [-0.25, -0.2) is 0 Å². The van der Waals surface area contributed by atoms with Crippen molar-refractivity contribution in [2.24, 2.45) is 0 Å². The van der Waals surface area contributed by atoms with Crippen LogP contribution in [0.2, 0.25) is 0 Å². The normalized spacial score (nSPS) is 8.25. The summed E-state index contributed by atoms with van der Waals surface area (Å²) in [7, 11) is 0. The van der Waals surface area contributed by atoms with Crippen molar-refractivity contribution in [2.45, 2.75) is 19.3 Å². The summed E-state index contributed by atoms with van der Waals surface area (Å²) in [5.74, 6) is 0.667. The molecule has 0 N–H and O–H groups in total. The quantitative estimate of drug-likeness (QED) is 0.328. The second kappa shape index (κ2) is 10.9. The van der Waals surface area contributed by atoms with Crippen molar-refractivity contribution in [3.8, 4) is 0 Å². The molecule has 0 rings (SSSR count). The van der Waals surface area contributed by atoms with Crippen molar-refractivity contribution in [1.82, 2.24) is 0 Å². The molecule has 0 aromatic rings. The molecule has 8 heavy (non-hydrogen) atoms. The van der Waals surface area contributed by atoms with E-state index < -0.39 is 0 Å². The molecular formula is C5H12ClFMg. The summed E-state index contributed by atoms with van der Waals surface area (Å²) in [6, 6.07) is 0. The van der Waals surface area contributed by atoms with Crippen molar-refractivity contribution in [1.29, 1.82) is 0 Å². The fourth-order valence-electron chi connectivity index (χ4n) is 0.366. The van der Waals surface area contributed by atoms with Gasteiger partial charge >= 0.3 is 23.1 Å². The van der Waals surface area contributed by atoms with Gasteiger partial charge in [-0.15, -0.1) is 11.6 Å². The summed E-state index contributed by atoms with van der Waals surface area (Å²) < 4.78 is 11.3. The first kappa shape index (κ1) is 11.7. The Morgan fingerprint density at radius 2 is 1.88 bits per heavy atom. The Balaban J connectivity index is -0.0000000600. The minimum absolute atomic E-state index is 0. The van der Waals surface area contributed by atoms with Crippen LogP contribution in [-0.4, -0.2) is 35.6 Å². The van der Waals surface area contributed by atoms with Gasteiger partial charge in [-0.05, 0) is 19.3 Å². The zero-order chi connectivity index (χ0) is 5.54. The monoisotopic (exact) mass is 150 g/mol. The van der Waals surface area contributed by atoms with Crippen molar-refractivity contribution in [3.63, 3.8) is 0 Å². The second-order valence-electron chi connectivity index (χ2n) is 1.44. The summed E-state index contributed by atoms with van der Waals surface area (Å²) in [6.45, 7) is -0.198. The smallest absolute Gasteiger partial charge is 1.00 e. The van der Waals surface area contributed by atoms with E-state index in [0.29, 0.717) is 12.3 Å². The van der Waals surface area contributed by atoms with E-state index in [-0.39, 0.29) is 32.6 Å². The second-order valence-corrected chi connectivity index (χ2v) is 1.82. The maximum atomic E-state index is 11.3. The van der Waals surface area contributed by atoms with Crippen LogP contribution in [0.4, 0.5) is 4.39 Å². The predicted molar refractivity (Wildman–Crippen MR) is 38.5 cm³/mol. The van der Waals surface area contributed by atoms with Gasteiger partial charge in [0.25, 0.3) is 0 Å². The van der Waals surface area contributed by atoms with Crippen molar-refractivity contribution in [3.05, 3.63) is 0 Å². The molecule has 0 aromatic heterocycles. The molecular weight excluding hydrogens is 139 g/mol. The molecule has 0 nitrogen and oxygen atoms in total. The topological polar surface area (TPSA) is 0 Å². The summed E-state index contributed by atoms with van der Waals surface area (Å²) in [4.78, 5) is 0. The molecule has 0 atom stereocenters. The summed E-state index contributed by atoms with van der Waals surface area (Å²) in [6.07, 6.45) is 2.55. The predicted octanol–water partition coefficient (Wildman–Crippen LogP) is 2.21. The van der Waals surface area contributed by atoms with E-state index in [0.717, 1.165) is 12.8 Å². The Labute approximate surface area is 73.9 Å². The van der Waals surface area contributed by atoms with Gasteiger partial charge in [0.15, 0.2) is 0 Å². The average molecular weight is 151 g/mol. The first-order chi connectivity index (χ1) is 3.41. The van der Waals surface area contributed by atoms with E-state index in [1.165, 1.54) is 0 Å². The zero-order valence-electron chi connectivity index (χ0n) is 7.00. The Bertz CT molecular complexity index is 38.8. The maximum Gasteiger partial charge on any atom is 2.00 e. The van der Waals surface area contributed by atoms with Gasteiger partial charge in [-0.3, -0.25) is 4.39 Å². The molecule has 0 saturated carbocycles. The standard InChI is InChI=1S/C5H10ClF.Mg.2H/c6-4-2-1-3-5-7;;;/h1-5H2;;;/q;+2;2*-1. The van der Waals surface area contributed by atoms with E-state index in [4.69, 9.17) is 11.6 Å². The van der Waals surface area contributed by atoms with Crippen LogP contribution < -0.4 is 0 Å². The van der Waals surface area contributed by atoms with Gasteiger partial charge in [0.1, 0.15) is 0 Å². The molecule has 0 spiro atoms. The van der Waals surface area contributed by atoms with Crippen LogP contribution in [0.1, 0.15) is 22.1 Å². The minimum Gasteiger partial charge on any atom is -1.00 e. The molecule has 0 aliphatic carbocycles. The van der Waals surface area contributed by atoms with Crippen LogP contribution in [0.3, 0.4) is 0 Å². The molecule has 0 radical (unpaired) electrons. The summed E-state index contributed by atoms with van der Waals surface area (Å²) >= 11 is 5.31. The average Bonchev–Trinajstić information content (AvgIpc) is 1.69. The fourth-order valence-corrected chi connectivity index (χ4v) is 0.555. The van der Waals surface area contributed by atoms with Gasteiger partial charge in [-0.1, -0.05) is 0 Å². The maximum absolute atomic E-state index is 11.3. The Morgan fingerprint density at radius 3 is 2.25 bits per heavy atom. The SMILES string of the molecule is FCCCCCCl.[H-].[H-].[Mg+2]. The summed E-state index contributed by atoms with van der Waals surface area (Å²) in [5.41, 5.74) is 0. The Hall–Kier alpha value is 0.986. The third-order valence-electron chi connectivity index (χ3n) is 0.767. The van der Waals surface area contributed by atoms with Crippen LogP contribution in [0.15, 0.2) is 0 Å². The molecule has 48 valence electrons. The third kappa shape index (κ3) is 10.1. The minimum atomic E-state index is -0.198. The van der Waals surface area contributed by atoms with Crippen LogP contribution >= 0.6 is 11.6 Å². The number of unbranched alkanes of at least 4 members (excludes halogenated alkanes) is 2. The van der Waals surface area contributed by atoms with Crippen LogP contribution in [0.5, 0.6) is 0 Å². The van der Waals surface area contributed by atoms with Crippen molar-refractivity contribution in [2.75, 3.05) is 12.6 Å². The summed E-state index contributed by atoms with van der Waals surface area (Å²) in [5, 5.41) is 0. The Kier molecular flexibility index (Phi) is 16.0. The van der Waals surface area contributed by atoms with Crippen molar-refractivity contribution < 1.29 is 7.24 Å². The molecule has 3 heteroatoms. The molecule has 0 aliphatic heterocycles. The first-order valence-corrected chi connectivity index (χ1v) is 3.07. The third-order valence-corrected chi connectivity index (χ3v) is 1.03. The number of hydrogen-bond acceptors (Lipinski definition) is 0. The van der Waals surface area contributed by atoms with Gasteiger partial charge in [0.05, 0.1) is 6.67 Å². The van der Waals surface area contributed by atoms with E-state index in [9.17, 15) is 4.39 Å². The molecule has 0 saturated heterocycles. The molecule has 0 aromatic carbocycles. The number of hydrogen-bond donors (Lipinski definition) is 0. The first-order valence-electron chi connectivity index (χ1n) is 2.53. The molecule has 0 fully saturated rings. The van der Waals surface area contributed by atoms with Crippen LogP contribution in [0, 0.1) is 0 Å². The molecule has 0 amide bonds. The molecule has 0 aliphatic rings. The largest absolute Gasteiger partial charge is 2.00 e. The number of rotatable bonds is 4. The molecule has 0 heterocycles. The molecule has 0 unspecified atom stereocenters. The zero-order valence-corrected chi connectivity index (χ0v) is 7.17. The number of alkyl halides is 2. The van der Waals surface area contributed by atoms with Gasteiger partial charge in [0, 0.05) is 5.88 Å². The van der Waals surface area contributed by atoms with E-state index in [1.807, 2.05) is 0 Å². The van der Waals surface area contributed by atoms with E-state index in [1.54, 1.807) is 0 Å². The molecule has 0 bridgehead atoms. The van der Waals surface area contributed by atoms with E-state index >= 15 is 0 Å². The van der Waals surface area contributed by atoms with Crippen LogP contribution in [0.25, 0.3) is 0 Å². The van der Waals surface area contributed by atoms with E-state index in [2.05, 4.69) is 0 Å². The Morgan fingerprint density at radius 1 is 1.25 bits per heavy atom.